The minimum atomic E-state index is -1.72. The van der Waals surface area contributed by atoms with Crippen molar-refractivity contribution in [1.82, 2.24) is 5.32 Å². The van der Waals surface area contributed by atoms with Gasteiger partial charge in [-0.15, -0.1) is 0 Å². The van der Waals surface area contributed by atoms with Crippen molar-refractivity contribution >= 4 is 11.7 Å². The van der Waals surface area contributed by atoms with Crippen LogP contribution in [0.5, 0.6) is 0 Å². The normalized spacial score (nSPS) is 18.4. The van der Waals surface area contributed by atoms with Crippen molar-refractivity contribution in [2.45, 2.75) is 38.2 Å². The number of aliphatic hydroxyl groups excluding tert-OH is 4. The molecule has 1 amide bonds. The van der Waals surface area contributed by atoms with Gasteiger partial charge in [-0.1, -0.05) is 0 Å². The van der Waals surface area contributed by atoms with Crippen molar-refractivity contribution < 1.29 is 30.0 Å². The Balaban J connectivity index is 4.66. The lowest BCUT2D eigenvalue weighted by molar-refractivity contribution is -0.135. The Morgan fingerprint density at radius 1 is 1.12 bits per heavy atom. The maximum absolute atomic E-state index is 11.1. The molecular weight excluding hydrogens is 218 g/mol. The summed E-state index contributed by atoms with van der Waals surface area (Å²) in [4.78, 5) is 21.9. The first-order chi connectivity index (χ1) is 7.31. The monoisotopic (exact) mass is 235 g/mol. The number of amides is 1. The molecule has 0 aromatic carbocycles. The van der Waals surface area contributed by atoms with Crippen LogP contribution in [0.25, 0.3) is 0 Å². The van der Waals surface area contributed by atoms with Gasteiger partial charge in [0.25, 0.3) is 0 Å². The van der Waals surface area contributed by atoms with E-state index in [2.05, 4.69) is 5.32 Å². The zero-order valence-electron chi connectivity index (χ0n) is 9.12. The predicted molar refractivity (Wildman–Crippen MR) is 53.4 cm³/mol. The highest BCUT2D eigenvalue weighted by Crippen LogP contribution is 2.06. The molecule has 0 aliphatic rings. The van der Waals surface area contributed by atoms with Gasteiger partial charge in [0.05, 0.1) is 6.61 Å². The summed E-state index contributed by atoms with van der Waals surface area (Å²) in [5, 5.41) is 38.7. The van der Waals surface area contributed by atoms with Crippen LogP contribution < -0.4 is 5.32 Å². The number of carbonyl (C=O) groups excluding carboxylic acids is 2. The van der Waals surface area contributed by atoms with E-state index in [0.717, 1.165) is 13.8 Å². The smallest absolute Gasteiger partial charge is 0.217 e. The van der Waals surface area contributed by atoms with Crippen LogP contribution >= 0.6 is 0 Å². The Bertz CT molecular complexity index is 256. The van der Waals surface area contributed by atoms with Crippen LogP contribution in [0.3, 0.4) is 0 Å². The maximum atomic E-state index is 11.1. The highest BCUT2D eigenvalue weighted by Gasteiger charge is 2.34. The molecule has 0 aliphatic heterocycles. The third-order valence-electron chi connectivity index (χ3n) is 2.07. The lowest BCUT2D eigenvalue weighted by atomic mass is 9.98. The predicted octanol–water partition coefficient (Wildman–Crippen LogP) is -2.84. The summed E-state index contributed by atoms with van der Waals surface area (Å²) in [6.45, 7) is 1.52. The molecule has 0 rings (SSSR count). The van der Waals surface area contributed by atoms with Crippen molar-refractivity contribution in [3.05, 3.63) is 0 Å². The van der Waals surface area contributed by atoms with Gasteiger partial charge in [-0.25, -0.2) is 0 Å². The van der Waals surface area contributed by atoms with Gasteiger partial charge in [0, 0.05) is 6.92 Å². The average molecular weight is 235 g/mol. The first-order valence-corrected chi connectivity index (χ1v) is 4.73. The van der Waals surface area contributed by atoms with Crippen LogP contribution in [0.4, 0.5) is 0 Å². The van der Waals surface area contributed by atoms with Gasteiger partial charge in [0.1, 0.15) is 24.4 Å². The lowest BCUT2D eigenvalue weighted by Gasteiger charge is -2.27. The molecule has 0 bridgehead atoms. The summed E-state index contributed by atoms with van der Waals surface area (Å²) in [5.41, 5.74) is 0. The molecule has 7 heteroatoms. The van der Waals surface area contributed by atoms with Gasteiger partial charge in [-0.2, -0.15) is 0 Å². The Morgan fingerprint density at radius 3 is 1.94 bits per heavy atom. The Labute approximate surface area is 92.7 Å². The van der Waals surface area contributed by atoms with E-state index >= 15 is 0 Å². The van der Waals surface area contributed by atoms with Gasteiger partial charge in [-0.3, -0.25) is 9.59 Å². The molecule has 5 N–H and O–H groups in total. The molecule has 0 aliphatic carbocycles. The fraction of sp³-hybridized carbons (Fsp3) is 0.778. The first kappa shape index (κ1) is 15.0. The Kier molecular flexibility index (Phi) is 6.12. The highest BCUT2D eigenvalue weighted by molar-refractivity contribution is 5.87. The van der Waals surface area contributed by atoms with Crippen LogP contribution in [0.15, 0.2) is 0 Å². The summed E-state index contributed by atoms with van der Waals surface area (Å²) >= 11 is 0. The zero-order chi connectivity index (χ0) is 12.9. The molecule has 0 radical (unpaired) electrons. The second-order valence-electron chi connectivity index (χ2n) is 3.52. The number of aliphatic hydroxyl groups is 4. The Hall–Kier alpha value is -1.02. The minimum absolute atomic E-state index is 0.551. The van der Waals surface area contributed by atoms with Gasteiger partial charge >= 0.3 is 0 Å². The van der Waals surface area contributed by atoms with Gasteiger partial charge in [0.15, 0.2) is 5.78 Å². The molecule has 0 saturated heterocycles. The molecule has 7 nitrogen and oxygen atoms in total. The van der Waals surface area contributed by atoms with E-state index in [1.807, 2.05) is 0 Å². The quantitative estimate of drug-likeness (QED) is 0.337. The van der Waals surface area contributed by atoms with E-state index in [1.54, 1.807) is 0 Å². The molecule has 0 saturated carbocycles. The second kappa shape index (κ2) is 6.54. The number of Topliss-reactive ketones (excluding diaryl/α,β-unsaturated/α-hetero) is 1. The lowest BCUT2D eigenvalue weighted by Crippen LogP contribution is -2.55. The van der Waals surface area contributed by atoms with E-state index in [-0.39, 0.29) is 0 Å². The number of rotatable bonds is 6. The van der Waals surface area contributed by atoms with Crippen molar-refractivity contribution in [2.75, 3.05) is 6.61 Å². The van der Waals surface area contributed by atoms with Crippen molar-refractivity contribution in [1.29, 1.82) is 0 Å². The molecule has 0 fully saturated rings. The number of ketones is 1. The molecule has 94 valence electrons. The number of hydrogen-bond donors (Lipinski definition) is 5. The SMILES string of the molecule is CC(=O)N[C@@H](C(C)=O)[C@@H](O)[C@H](O)[C@H](O)CO. The first-order valence-electron chi connectivity index (χ1n) is 4.73. The molecular formula is C9H17NO6. The van der Waals surface area contributed by atoms with E-state index in [1.165, 1.54) is 0 Å². The number of nitrogens with one attached hydrogen (secondary N) is 1. The molecule has 0 unspecified atom stereocenters. The van der Waals surface area contributed by atoms with E-state index < -0.39 is 42.7 Å². The maximum Gasteiger partial charge on any atom is 0.217 e. The van der Waals surface area contributed by atoms with Crippen molar-refractivity contribution in [3.8, 4) is 0 Å². The average Bonchev–Trinajstić information content (AvgIpc) is 2.22. The summed E-state index contributed by atoms with van der Waals surface area (Å²) < 4.78 is 0. The standard InChI is InChI=1S/C9H17NO6/c1-4(12)7(10-5(2)13)9(16)8(15)6(14)3-11/h6-9,11,14-16H,3H2,1-2H3,(H,10,13)/t6-,7+,8-,9-/m1/s1. The highest BCUT2D eigenvalue weighted by atomic mass is 16.4. The fourth-order valence-electron chi connectivity index (χ4n) is 1.18. The minimum Gasteiger partial charge on any atom is -0.394 e. The third kappa shape index (κ3) is 4.23. The van der Waals surface area contributed by atoms with E-state index in [9.17, 15) is 19.8 Å². The van der Waals surface area contributed by atoms with Crippen LogP contribution in [-0.2, 0) is 9.59 Å². The van der Waals surface area contributed by atoms with Gasteiger partial charge < -0.3 is 25.7 Å². The number of carbonyl (C=O) groups is 2. The second-order valence-corrected chi connectivity index (χ2v) is 3.52. The fourth-order valence-corrected chi connectivity index (χ4v) is 1.18. The molecule has 0 aromatic rings. The van der Waals surface area contributed by atoms with Crippen molar-refractivity contribution in [3.63, 3.8) is 0 Å². The van der Waals surface area contributed by atoms with E-state index in [4.69, 9.17) is 10.2 Å². The van der Waals surface area contributed by atoms with Crippen LogP contribution in [0, 0.1) is 0 Å². The molecule has 4 atom stereocenters. The molecule has 16 heavy (non-hydrogen) atoms. The molecule has 0 aromatic heterocycles. The topological polar surface area (TPSA) is 127 Å². The summed E-state index contributed by atoms with van der Waals surface area (Å²) in [6.07, 6.45) is -4.97. The van der Waals surface area contributed by atoms with Gasteiger partial charge in [0.2, 0.25) is 5.91 Å². The molecule has 0 heterocycles. The number of hydrogen-bond acceptors (Lipinski definition) is 6. The molecule has 0 spiro atoms. The van der Waals surface area contributed by atoms with E-state index in [0.29, 0.717) is 0 Å². The summed E-state index contributed by atoms with van der Waals surface area (Å²) in [7, 11) is 0. The van der Waals surface area contributed by atoms with Crippen LogP contribution in [-0.4, -0.2) is 63.1 Å². The largest absolute Gasteiger partial charge is 0.394 e. The Morgan fingerprint density at radius 2 is 1.62 bits per heavy atom. The third-order valence-corrected chi connectivity index (χ3v) is 2.07. The summed E-state index contributed by atoms with van der Waals surface area (Å²) in [5.74, 6) is -1.11. The van der Waals surface area contributed by atoms with Gasteiger partial charge in [-0.05, 0) is 6.92 Å². The zero-order valence-corrected chi connectivity index (χ0v) is 9.12. The van der Waals surface area contributed by atoms with Crippen LogP contribution in [0.2, 0.25) is 0 Å². The summed E-state index contributed by atoms with van der Waals surface area (Å²) in [6, 6.07) is -1.31. The van der Waals surface area contributed by atoms with Crippen molar-refractivity contribution in [2.24, 2.45) is 0 Å². The van der Waals surface area contributed by atoms with Crippen LogP contribution in [0.1, 0.15) is 13.8 Å².